The minimum atomic E-state index is -0.593. The number of rotatable bonds is 10. The van der Waals surface area contributed by atoms with Crippen molar-refractivity contribution in [2.24, 2.45) is 4.99 Å². The second kappa shape index (κ2) is 12.8. The quantitative estimate of drug-likeness (QED) is 0.157. The number of aliphatic imine (C=N–C) groups is 1. The molecular weight excluding hydrogens is 536 g/mol. The van der Waals surface area contributed by atoms with Crippen molar-refractivity contribution in [3.63, 3.8) is 0 Å². The van der Waals surface area contributed by atoms with E-state index in [4.69, 9.17) is 14.2 Å². The predicted molar refractivity (Wildman–Crippen MR) is 165 cm³/mol. The number of fused-ring (bicyclic) bond motifs is 1. The first kappa shape index (κ1) is 28.1. The van der Waals surface area contributed by atoms with Gasteiger partial charge in [-0.05, 0) is 56.7 Å². The molecule has 5 rings (SSSR count). The lowest BCUT2D eigenvalue weighted by Gasteiger charge is -2.11. The lowest BCUT2D eigenvalue weighted by molar-refractivity contribution is -0.138. The van der Waals surface area contributed by atoms with Crippen LogP contribution in [0, 0.1) is 6.92 Å². The van der Waals surface area contributed by atoms with E-state index in [1.54, 1.807) is 14.0 Å². The molecule has 1 aliphatic rings. The van der Waals surface area contributed by atoms with Gasteiger partial charge in [0.05, 0.1) is 30.9 Å². The first-order valence-corrected chi connectivity index (χ1v) is 14.3. The van der Waals surface area contributed by atoms with Crippen LogP contribution in [0.1, 0.15) is 24.5 Å². The van der Waals surface area contributed by atoms with Gasteiger partial charge in [0.25, 0.3) is 0 Å². The van der Waals surface area contributed by atoms with Crippen molar-refractivity contribution in [2.45, 2.75) is 26.8 Å². The number of para-hydroxylation sites is 3. The largest absolute Gasteiger partial charge is 0.506 e. The number of aliphatic hydroxyl groups excluding tert-OH is 1. The first-order chi connectivity index (χ1) is 20.0. The summed E-state index contributed by atoms with van der Waals surface area (Å²) in [6.07, 6.45) is 4.75. The third-order valence-corrected chi connectivity index (χ3v) is 7.63. The van der Waals surface area contributed by atoms with E-state index in [2.05, 4.69) is 27.9 Å². The molecule has 3 aromatic carbocycles. The monoisotopic (exact) mass is 568 g/mol. The molecule has 1 N–H and O–H groups in total. The summed E-state index contributed by atoms with van der Waals surface area (Å²) in [5, 5.41) is 12.6. The molecule has 1 aromatic heterocycles. The normalized spacial score (nSPS) is 15.2. The molecule has 4 aromatic rings. The zero-order chi connectivity index (χ0) is 28.8. The summed E-state index contributed by atoms with van der Waals surface area (Å²) in [4.78, 5) is 18.0. The molecule has 210 valence electrons. The van der Waals surface area contributed by atoms with E-state index in [0.29, 0.717) is 28.0 Å². The number of hydrogen-bond donors (Lipinski definition) is 1. The van der Waals surface area contributed by atoms with Crippen LogP contribution in [-0.4, -0.2) is 41.0 Å². The molecule has 0 aliphatic carbocycles. The number of carbonyl (C=O) groups is 1. The highest BCUT2D eigenvalue weighted by molar-refractivity contribution is 8.18. The van der Waals surface area contributed by atoms with Crippen LogP contribution in [0.4, 0.5) is 5.69 Å². The number of methoxy groups -OCH3 is 1. The fourth-order valence-corrected chi connectivity index (χ4v) is 5.63. The molecule has 41 heavy (non-hydrogen) atoms. The van der Waals surface area contributed by atoms with Gasteiger partial charge in [0.1, 0.15) is 16.4 Å². The molecule has 0 atom stereocenters. The fourth-order valence-electron chi connectivity index (χ4n) is 4.60. The standard InChI is InChI=1S/C33H32N2O5S/c1-4-39-33(37)30-31(36)29(41-32(30)34-24-16-14-22(2)15-17-24)20-23-21-35(26-11-6-5-10-25(23)26)18-9-19-40-28-13-8-7-12-27(28)38-3/h5-8,10-17,20-21,36H,4,9,18-19H2,1-3H3/b29-20-,34-32?. The number of carbonyl (C=O) groups excluding carboxylic acids is 1. The van der Waals surface area contributed by atoms with Crippen LogP contribution in [0.15, 0.2) is 100 Å². The molecule has 0 amide bonds. The van der Waals surface area contributed by atoms with Gasteiger partial charge in [-0.1, -0.05) is 59.8 Å². The Morgan fingerprint density at radius 1 is 1.02 bits per heavy atom. The van der Waals surface area contributed by atoms with Crippen LogP contribution in [0.2, 0.25) is 0 Å². The average molecular weight is 569 g/mol. The highest BCUT2D eigenvalue weighted by atomic mass is 32.2. The molecule has 0 unspecified atom stereocenters. The van der Waals surface area contributed by atoms with Crippen LogP contribution in [0.5, 0.6) is 11.5 Å². The maximum Gasteiger partial charge on any atom is 0.344 e. The maximum absolute atomic E-state index is 12.8. The number of nitrogens with zero attached hydrogens (tertiary/aromatic N) is 2. The SMILES string of the molecule is CCOC(=O)C1=C(O)/C(=C/c2cn(CCCOc3ccccc3OC)c3ccccc23)SC1=Nc1ccc(C)cc1. The van der Waals surface area contributed by atoms with Crippen LogP contribution in [0.25, 0.3) is 17.0 Å². The summed E-state index contributed by atoms with van der Waals surface area (Å²) in [7, 11) is 1.63. The average Bonchev–Trinajstić information content (AvgIpc) is 3.49. The number of aliphatic hydroxyl groups is 1. The number of esters is 1. The Kier molecular flexibility index (Phi) is 8.79. The van der Waals surface area contributed by atoms with Gasteiger partial charge in [-0.25, -0.2) is 9.79 Å². The highest BCUT2D eigenvalue weighted by Gasteiger charge is 2.33. The van der Waals surface area contributed by atoms with E-state index in [-0.39, 0.29) is 17.9 Å². The summed E-state index contributed by atoms with van der Waals surface area (Å²) in [5.41, 5.74) is 3.89. The Labute approximate surface area is 243 Å². The Morgan fingerprint density at radius 2 is 1.76 bits per heavy atom. The molecule has 0 bridgehead atoms. The molecule has 2 heterocycles. The van der Waals surface area contributed by atoms with E-state index < -0.39 is 5.97 Å². The predicted octanol–water partition coefficient (Wildman–Crippen LogP) is 7.62. The number of aromatic nitrogens is 1. The molecule has 0 spiro atoms. The summed E-state index contributed by atoms with van der Waals surface area (Å²) in [6, 6.07) is 23.4. The lowest BCUT2D eigenvalue weighted by Crippen LogP contribution is -2.12. The van der Waals surface area contributed by atoms with Gasteiger partial charge in [-0.2, -0.15) is 0 Å². The summed E-state index contributed by atoms with van der Waals surface area (Å²) < 4.78 is 18.8. The van der Waals surface area contributed by atoms with Gasteiger partial charge in [0.15, 0.2) is 11.5 Å². The molecule has 7 nitrogen and oxygen atoms in total. The Hall–Kier alpha value is -4.43. The molecule has 1 aliphatic heterocycles. The third-order valence-electron chi connectivity index (χ3n) is 6.61. The molecule has 0 fully saturated rings. The second-order valence-corrected chi connectivity index (χ2v) is 10.5. The number of hydrogen-bond acceptors (Lipinski definition) is 7. The van der Waals surface area contributed by atoms with Crippen molar-refractivity contribution in [1.82, 2.24) is 4.57 Å². The van der Waals surface area contributed by atoms with Crippen molar-refractivity contribution >= 4 is 45.4 Å². The second-order valence-electron chi connectivity index (χ2n) is 9.46. The Bertz CT molecular complexity index is 1650. The van der Waals surface area contributed by atoms with Gasteiger partial charge in [-0.15, -0.1) is 0 Å². The van der Waals surface area contributed by atoms with Gasteiger partial charge in [0.2, 0.25) is 0 Å². The van der Waals surface area contributed by atoms with Crippen LogP contribution in [-0.2, 0) is 16.1 Å². The Morgan fingerprint density at radius 3 is 2.51 bits per heavy atom. The fraction of sp³-hybridized carbons (Fsp3) is 0.212. The van der Waals surface area contributed by atoms with Crippen molar-refractivity contribution in [2.75, 3.05) is 20.3 Å². The highest BCUT2D eigenvalue weighted by Crippen LogP contribution is 2.41. The van der Waals surface area contributed by atoms with Gasteiger partial charge in [-0.3, -0.25) is 0 Å². The maximum atomic E-state index is 12.8. The third kappa shape index (κ3) is 6.33. The molecule has 8 heteroatoms. The van der Waals surface area contributed by atoms with Gasteiger partial charge < -0.3 is 23.9 Å². The lowest BCUT2D eigenvalue weighted by atomic mass is 10.1. The number of aryl methyl sites for hydroxylation is 2. The van der Waals surface area contributed by atoms with Crippen molar-refractivity contribution < 1.29 is 24.1 Å². The molecule has 0 radical (unpaired) electrons. The smallest absolute Gasteiger partial charge is 0.344 e. The van der Waals surface area contributed by atoms with E-state index in [0.717, 1.165) is 40.7 Å². The molecule has 0 saturated carbocycles. The van der Waals surface area contributed by atoms with E-state index in [9.17, 15) is 9.90 Å². The van der Waals surface area contributed by atoms with E-state index >= 15 is 0 Å². The van der Waals surface area contributed by atoms with Crippen molar-refractivity contribution in [3.05, 3.63) is 106 Å². The summed E-state index contributed by atoms with van der Waals surface area (Å²) in [5.74, 6) is 0.714. The van der Waals surface area contributed by atoms with Crippen LogP contribution < -0.4 is 9.47 Å². The minimum Gasteiger partial charge on any atom is -0.506 e. The Balaban J connectivity index is 1.41. The molecule has 0 saturated heterocycles. The van der Waals surface area contributed by atoms with E-state index in [1.165, 1.54) is 11.8 Å². The zero-order valence-corrected chi connectivity index (χ0v) is 24.1. The summed E-state index contributed by atoms with van der Waals surface area (Å²) >= 11 is 1.26. The van der Waals surface area contributed by atoms with Crippen molar-refractivity contribution in [1.29, 1.82) is 0 Å². The number of benzene rings is 3. The van der Waals surface area contributed by atoms with Crippen LogP contribution in [0.3, 0.4) is 0 Å². The number of thioether (sulfide) groups is 1. The van der Waals surface area contributed by atoms with E-state index in [1.807, 2.05) is 73.7 Å². The number of ether oxygens (including phenoxy) is 3. The van der Waals surface area contributed by atoms with Crippen molar-refractivity contribution in [3.8, 4) is 11.5 Å². The van der Waals surface area contributed by atoms with Gasteiger partial charge >= 0.3 is 5.97 Å². The van der Waals surface area contributed by atoms with Crippen LogP contribution >= 0.6 is 11.8 Å². The summed E-state index contributed by atoms with van der Waals surface area (Å²) in [6.45, 7) is 5.21. The minimum absolute atomic E-state index is 0.0842. The van der Waals surface area contributed by atoms with Gasteiger partial charge in [0, 0.05) is 29.2 Å². The topological polar surface area (TPSA) is 82.3 Å². The molecular formula is C33H32N2O5S. The zero-order valence-electron chi connectivity index (χ0n) is 23.3. The first-order valence-electron chi connectivity index (χ1n) is 13.5.